The highest BCUT2D eigenvalue weighted by Gasteiger charge is 2.36. The summed E-state index contributed by atoms with van der Waals surface area (Å²) in [5, 5.41) is 10.4. The SMILES string of the molecule is C[C@H]1C[C@@](O)(c2ccc(Br)s2)CCO1. The van der Waals surface area contributed by atoms with Crippen molar-refractivity contribution in [2.45, 2.75) is 31.5 Å². The van der Waals surface area contributed by atoms with Crippen molar-refractivity contribution in [1.29, 1.82) is 0 Å². The molecule has 0 unspecified atom stereocenters. The Hall–Kier alpha value is 0.1000. The van der Waals surface area contributed by atoms with Gasteiger partial charge < -0.3 is 9.84 Å². The molecule has 1 aliphatic rings. The lowest BCUT2D eigenvalue weighted by Crippen LogP contribution is -2.36. The Kier molecular flexibility index (Phi) is 2.98. The Bertz CT molecular complexity index is 326. The molecule has 1 aromatic heterocycles. The van der Waals surface area contributed by atoms with Crippen molar-refractivity contribution < 1.29 is 9.84 Å². The van der Waals surface area contributed by atoms with E-state index < -0.39 is 5.60 Å². The first kappa shape index (κ1) is 10.6. The van der Waals surface area contributed by atoms with E-state index in [2.05, 4.69) is 15.9 Å². The van der Waals surface area contributed by atoms with Crippen LogP contribution in [0, 0.1) is 0 Å². The molecule has 0 spiro atoms. The van der Waals surface area contributed by atoms with Gasteiger partial charge in [0.05, 0.1) is 16.5 Å². The van der Waals surface area contributed by atoms with Crippen molar-refractivity contribution in [1.82, 2.24) is 0 Å². The lowest BCUT2D eigenvalue weighted by atomic mass is 9.89. The van der Waals surface area contributed by atoms with Crippen molar-refractivity contribution in [3.8, 4) is 0 Å². The zero-order valence-electron chi connectivity index (χ0n) is 8.00. The van der Waals surface area contributed by atoms with Crippen LogP contribution in [0.4, 0.5) is 0 Å². The molecular weight excluding hydrogens is 264 g/mol. The molecule has 2 atom stereocenters. The minimum atomic E-state index is -0.672. The van der Waals surface area contributed by atoms with Crippen molar-refractivity contribution in [3.05, 3.63) is 20.8 Å². The van der Waals surface area contributed by atoms with Gasteiger partial charge in [0.15, 0.2) is 0 Å². The van der Waals surface area contributed by atoms with Gasteiger partial charge in [0, 0.05) is 17.7 Å². The predicted molar refractivity (Wildman–Crippen MR) is 60.6 cm³/mol. The smallest absolute Gasteiger partial charge is 0.103 e. The summed E-state index contributed by atoms with van der Waals surface area (Å²) < 4.78 is 6.50. The van der Waals surface area contributed by atoms with Gasteiger partial charge in [0.1, 0.15) is 5.60 Å². The van der Waals surface area contributed by atoms with E-state index in [0.29, 0.717) is 19.4 Å². The van der Waals surface area contributed by atoms with E-state index in [1.165, 1.54) is 0 Å². The zero-order valence-corrected chi connectivity index (χ0v) is 10.4. The first-order valence-electron chi connectivity index (χ1n) is 4.70. The van der Waals surface area contributed by atoms with Crippen molar-refractivity contribution in [3.63, 3.8) is 0 Å². The molecule has 0 saturated carbocycles. The molecule has 4 heteroatoms. The highest BCUT2D eigenvalue weighted by Crippen LogP contribution is 2.39. The van der Waals surface area contributed by atoms with Gasteiger partial charge in [0.25, 0.3) is 0 Å². The summed E-state index contributed by atoms with van der Waals surface area (Å²) in [7, 11) is 0. The molecule has 0 bridgehead atoms. The van der Waals surface area contributed by atoms with Crippen LogP contribution in [0.15, 0.2) is 15.9 Å². The van der Waals surface area contributed by atoms with Gasteiger partial charge in [-0.15, -0.1) is 11.3 Å². The molecule has 2 nitrogen and oxygen atoms in total. The molecular formula is C10H13BrO2S. The summed E-state index contributed by atoms with van der Waals surface area (Å²) in [4.78, 5) is 1.04. The van der Waals surface area contributed by atoms with Gasteiger partial charge in [-0.2, -0.15) is 0 Å². The first-order chi connectivity index (χ1) is 6.60. The van der Waals surface area contributed by atoms with Crippen LogP contribution < -0.4 is 0 Å². The summed E-state index contributed by atoms with van der Waals surface area (Å²) in [5.74, 6) is 0. The topological polar surface area (TPSA) is 29.5 Å². The van der Waals surface area contributed by atoms with Crippen LogP contribution in [0.25, 0.3) is 0 Å². The highest BCUT2D eigenvalue weighted by atomic mass is 79.9. The maximum atomic E-state index is 10.4. The molecule has 1 aromatic rings. The van der Waals surface area contributed by atoms with E-state index in [1.807, 2.05) is 19.1 Å². The normalized spacial score (nSPS) is 33.2. The Balaban J connectivity index is 2.22. The Morgan fingerprint density at radius 2 is 2.43 bits per heavy atom. The number of thiophene rings is 1. The maximum absolute atomic E-state index is 10.4. The van der Waals surface area contributed by atoms with E-state index in [0.717, 1.165) is 8.66 Å². The molecule has 78 valence electrons. The lowest BCUT2D eigenvalue weighted by Gasteiger charge is -2.34. The molecule has 1 fully saturated rings. The number of rotatable bonds is 1. The second-order valence-corrected chi connectivity index (χ2v) is 6.23. The minimum Gasteiger partial charge on any atom is -0.384 e. The molecule has 0 radical (unpaired) electrons. The van der Waals surface area contributed by atoms with Gasteiger partial charge in [-0.25, -0.2) is 0 Å². The number of hydrogen-bond acceptors (Lipinski definition) is 3. The fourth-order valence-corrected chi connectivity index (χ4v) is 3.37. The average Bonchev–Trinajstić information content (AvgIpc) is 2.52. The van der Waals surface area contributed by atoms with Crippen LogP contribution in [-0.2, 0) is 10.3 Å². The van der Waals surface area contributed by atoms with E-state index in [-0.39, 0.29) is 6.10 Å². The Morgan fingerprint density at radius 3 is 3.00 bits per heavy atom. The number of halogens is 1. The number of aliphatic hydroxyl groups is 1. The van der Waals surface area contributed by atoms with Crippen LogP contribution in [0.1, 0.15) is 24.6 Å². The van der Waals surface area contributed by atoms with Crippen molar-refractivity contribution >= 4 is 27.3 Å². The summed E-state index contributed by atoms with van der Waals surface area (Å²) >= 11 is 5.02. The molecule has 14 heavy (non-hydrogen) atoms. The van der Waals surface area contributed by atoms with Gasteiger partial charge in [-0.3, -0.25) is 0 Å². The molecule has 1 aliphatic heterocycles. The van der Waals surface area contributed by atoms with Gasteiger partial charge in [-0.05, 0) is 35.0 Å². The molecule has 0 aromatic carbocycles. The van der Waals surface area contributed by atoms with Gasteiger partial charge >= 0.3 is 0 Å². The Morgan fingerprint density at radius 1 is 1.64 bits per heavy atom. The number of hydrogen-bond donors (Lipinski definition) is 1. The van der Waals surface area contributed by atoms with Crippen LogP contribution in [-0.4, -0.2) is 17.8 Å². The summed E-state index contributed by atoms with van der Waals surface area (Å²) in [6.07, 6.45) is 1.54. The van der Waals surface area contributed by atoms with Crippen LogP contribution in [0.5, 0.6) is 0 Å². The molecule has 1 N–H and O–H groups in total. The highest BCUT2D eigenvalue weighted by molar-refractivity contribution is 9.11. The fourth-order valence-electron chi connectivity index (χ4n) is 1.85. The minimum absolute atomic E-state index is 0.148. The average molecular weight is 277 g/mol. The molecule has 2 rings (SSSR count). The third kappa shape index (κ3) is 2.03. The van der Waals surface area contributed by atoms with Crippen molar-refractivity contribution in [2.75, 3.05) is 6.61 Å². The van der Waals surface area contributed by atoms with E-state index in [1.54, 1.807) is 11.3 Å². The zero-order chi connectivity index (χ0) is 10.2. The second-order valence-electron chi connectivity index (χ2n) is 3.77. The third-order valence-corrected chi connectivity index (χ3v) is 4.39. The second kappa shape index (κ2) is 3.93. The van der Waals surface area contributed by atoms with E-state index in [9.17, 15) is 5.11 Å². The third-order valence-electron chi connectivity index (χ3n) is 2.58. The van der Waals surface area contributed by atoms with Crippen LogP contribution >= 0.6 is 27.3 Å². The maximum Gasteiger partial charge on any atom is 0.103 e. The van der Waals surface area contributed by atoms with E-state index >= 15 is 0 Å². The quantitative estimate of drug-likeness (QED) is 0.855. The molecule has 2 heterocycles. The summed E-state index contributed by atoms with van der Waals surface area (Å²) in [6, 6.07) is 3.98. The number of ether oxygens (including phenoxy) is 1. The van der Waals surface area contributed by atoms with Crippen LogP contribution in [0.2, 0.25) is 0 Å². The Labute approximate surface area is 96.0 Å². The summed E-state index contributed by atoms with van der Waals surface area (Å²) in [6.45, 7) is 2.65. The van der Waals surface area contributed by atoms with Crippen molar-refractivity contribution in [2.24, 2.45) is 0 Å². The molecule has 0 amide bonds. The van der Waals surface area contributed by atoms with Crippen LogP contribution in [0.3, 0.4) is 0 Å². The lowest BCUT2D eigenvalue weighted by molar-refractivity contribution is -0.0994. The fraction of sp³-hybridized carbons (Fsp3) is 0.600. The van der Waals surface area contributed by atoms with Gasteiger partial charge in [-0.1, -0.05) is 0 Å². The monoisotopic (exact) mass is 276 g/mol. The predicted octanol–water partition coefficient (Wildman–Crippen LogP) is 2.90. The summed E-state index contributed by atoms with van der Waals surface area (Å²) in [5.41, 5.74) is -0.672. The van der Waals surface area contributed by atoms with E-state index in [4.69, 9.17) is 4.74 Å². The molecule has 1 saturated heterocycles. The van der Waals surface area contributed by atoms with Gasteiger partial charge in [0.2, 0.25) is 0 Å². The first-order valence-corrected chi connectivity index (χ1v) is 6.31. The standard InChI is InChI=1S/C10H13BrO2S/c1-7-6-10(12,4-5-13-7)8-2-3-9(11)14-8/h2-3,7,12H,4-6H2,1H3/t7-,10+/m0/s1. The molecule has 0 aliphatic carbocycles. The largest absolute Gasteiger partial charge is 0.384 e.